The second kappa shape index (κ2) is 4.05. The van der Waals surface area contributed by atoms with Crippen LogP contribution in [0.5, 0.6) is 0 Å². The predicted molar refractivity (Wildman–Crippen MR) is 52.0 cm³/mol. The Morgan fingerprint density at radius 2 is 2.06 bits per heavy atom. The Bertz CT molecular complexity index is 508. The molecule has 1 heterocycles. The number of aromatic nitrogens is 3. The Morgan fingerprint density at radius 1 is 1.38 bits per heavy atom. The summed E-state index contributed by atoms with van der Waals surface area (Å²) >= 11 is 0. The maximum atomic E-state index is 12.7. The van der Waals surface area contributed by atoms with Crippen LogP contribution < -0.4 is 0 Å². The van der Waals surface area contributed by atoms with Crippen molar-refractivity contribution in [3.63, 3.8) is 0 Å². The van der Waals surface area contributed by atoms with E-state index in [0.717, 1.165) is 0 Å². The van der Waals surface area contributed by atoms with E-state index in [0.29, 0.717) is 5.69 Å². The van der Waals surface area contributed by atoms with Crippen molar-refractivity contribution in [2.45, 2.75) is 6.54 Å². The Morgan fingerprint density at radius 3 is 2.69 bits per heavy atom. The Labute approximate surface area is 89.5 Å². The van der Waals surface area contributed by atoms with Crippen LogP contribution in [0.2, 0.25) is 0 Å². The van der Waals surface area contributed by atoms with Crippen LogP contribution in [-0.2, 0) is 6.54 Å². The molecule has 0 unspecified atom stereocenters. The first-order valence-electron chi connectivity index (χ1n) is 4.43. The summed E-state index contributed by atoms with van der Waals surface area (Å²) in [7, 11) is 0. The van der Waals surface area contributed by atoms with Crippen molar-refractivity contribution in [2.24, 2.45) is 0 Å². The summed E-state index contributed by atoms with van der Waals surface area (Å²) in [4.78, 5) is 9.87. The van der Waals surface area contributed by atoms with Gasteiger partial charge in [-0.1, -0.05) is 0 Å². The van der Waals surface area contributed by atoms with Gasteiger partial charge in [0.25, 0.3) is 6.54 Å². The summed E-state index contributed by atoms with van der Waals surface area (Å²) in [6.45, 7) is -0.419. The van der Waals surface area contributed by atoms with Crippen molar-refractivity contribution in [3.05, 3.63) is 52.3 Å². The quantitative estimate of drug-likeness (QED) is 0.577. The maximum absolute atomic E-state index is 12.7. The van der Waals surface area contributed by atoms with Gasteiger partial charge in [0.15, 0.2) is 0 Å². The highest BCUT2D eigenvalue weighted by molar-refractivity contribution is 5.32. The molecular formula is C9H7FN4O2. The molecule has 0 radical (unpaired) electrons. The SMILES string of the molecule is O=[N+]([O-])Cc1nncn1-c1ccc(F)cc1. The van der Waals surface area contributed by atoms with Crippen molar-refractivity contribution in [1.82, 2.24) is 14.8 Å². The van der Waals surface area contributed by atoms with Crippen molar-refractivity contribution < 1.29 is 9.31 Å². The zero-order valence-corrected chi connectivity index (χ0v) is 8.08. The molecule has 0 saturated heterocycles. The van der Waals surface area contributed by atoms with Gasteiger partial charge in [-0.05, 0) is 24.3 Å². The van der Waals surface area contributed by atoms with Gasteiger partial charge in [0.1, 0.15) is 12.1 Å². The van der Waals surface area contributed by atoms with Crippen LogP contribution in [0.1, 0.15) is 5.82 Å². The van der Waals surface area contributed by atoms with Crippen molar-refractivity contribution in [1.29, 1.82) is 0 Å². The standard InChI is InChI=1S/C9H7FN4O2/c10-7-1-3-8(4-2-7)13-6-11-12-9(13)5-14(15)16/h1-4,6H,5H2. The number of rotatable bonds is 3. The van der Waals surface area contributed by atoms with Crippen LogP contribution in [0.15, 0.2) is 30.6 Å². The van der Waals surface area contributed by atoms with Crippen LogP contribution in [-0.4, -0.2) is 19.7 Å². The van der Waals surface area contributed by atoms with Gasteiger partial charge in [0, 0.05) is 10.6 Å². The highest BCUT2D eigenvalue weighted by Crippen LogP contribution is 2.10. The fourth-order valence-corrected chi connectivity index (χ4v) is 1.30. The Balaban J connectivity index is 2.36. The van der Waals surface area contributed by atoms with Gasteiger partial charge in [0.2, 0.25) is 5.82 Å². The molecule has 16 heavy (non-hydrogen) atoms. The minimum atomic E-state index is -0.496. The number of benzene rings is 1. The smallest absolute Gasteiger partial charge is 0.263 e. The maximum Gasteiger partial charge on any atom is 0.263 e. The van der Waals surface area contributed by atoms with E-state index >= 15 is 0 Å². The predicted octanol–water partition coefficient (Wildman–Crippen LogP) is 1.18. The van der Waals surface area contributed by atoms with E-state index in [1.54, 1.807) is 0 Å². The Hall–Kier alpha value is -2.31. The zero-order valence-electron chi connectivity index (χ0n) is 8.08. The largest absolute Gasteiger partial charge is 0.280 e. The van der Waals surface area contributed by atoms with Gasteiger partial charge in [-0.15, -0.1) is 10.2 Å². The third-order valence-corrected chi connectivity index (χ3v) is 1.99. The zero-order chi connectivity index (χ0) is 11.5. The molecule has 0 spiro atoms. The molecule has 2 aromatic rings. The van der Waals surface area contributed by atoms with Crippen LogP contribution in [0, 0.1) is 15.9 Å². The fraction of sp³-hybridized carbons (Fsp3) is 0.111. The molecule has 1 aromatic heterocycles. The monoisotopic (exact) mass is 222 g/mol. The lowest BCUT2D eigenvalue weighted by Crippen LogP contribution is -2.06. The molecule has 0 saturated carbocycles. The molecule has 0 aliphatic carbocycles. The van der Waals surface area contributed by atoms with E-state index in [1.165, 1.54) is 35.2 Å². The summed E-state index contributed by atoms with van der Waals surface area (Å²) in [6.07, 6.45) is 1.35. The molecule has 2 rings (SSSR count). The normalized spacial score (nSPS) is 10.3. The first-order valence-corrected chi connectivity index (χ1v) is 4.43. The van der Waals surface area contributed by atoms with E-state index in [4.69, 9.17) is 0 Å². The Kier molecular flexibility index (Phi) is 2.59. The third kappa shape index (κ3) is 2.02. The van der Waals surface area contributed by atoms with E-state index in [-0.39, 0.29) is 11.6 Å². The van der Waals surface area contributed by atoms with Gasteiger partial charge in [-0.25, -0.2) is 4.39 Å². The molecule has 82 valence electrons. The van der Waals surface area contributed by atoms with Crippen molar-refractivity contribution in [3.8, 4) is 5.69 Å². The number of halogens is 1. The average Bonchev–Trinajstić information content (AvgIpc) is 2.66. The number of hydrogen-bond donors (Lipinski definition) is 0. The highest BCUT2D eigenvalue weighted by atomic mass is 19.1. The topological polar surface area (TPSA) is 73.8 Å². The van der Waals surface area contributed by atoms with Crippen molar-refractivity contribution >= 4 is 0 Å². The number of hydrogen-bond acceptors (Lipinski definition) is 4. The summed E-state index contributed by atoms with van der Waals surface area (Å²) in [6, 6.07) is 5.54. The van der Waals surface area contributed by atoms with Gasteiger partial charge in [-0.2, -0.15) is 0 Å². The second-order valence-corrected chi connectivity index (χ2v) is 3.08. The van der Waals surface area contributed by atoms with E-state index in [1.807, 2.05) is 0 Å². The molecule has 0 amide bonds. The summed E-state index contributed by atoms with van der Waals surface area (Å²) in [5, 5.41) is 17.6. The molecule has 0 aliphatic heterocycles. The van der Waals surface area contributed by atoms with Crippen LogP contribution in [0.3, 0.4) is 0 Å². The molecule has 0 N–H and O–H groups in total. The molecule has 0 fully saturated rings. The molecule has 6 nitrogen and oxygen atoms in total. The van der Waals surface area contributed by atoms with E-state index < -0.39 is 11.5 Å². The molecule has 0 aliphatic rings. The van der Waals surface area contributed by atoms with E-state index in [2.05, 4.69) is 10.2 Å². The molecule has 7 heteroatoms. The fourth-order valence-electron chi connectivity index (χ4n) is 1.30. The molecular weight excluding hydrogens is 215 g/mol. The lowest BCUT2D eigenvalue weighted by molar-refractivity contribution is -0.498. The molecule has 0 bridgehead atoms. The number of nitrogens with zero attached hydrogens (tertiary/aromatic N) is 4. The first kappa shape index (κ1) is 10.2. The average molecular weight is 222 g/mol. The van der Waals surface area contributed by atoms with Crippen molar-refractivity contribution in [2.75, 3.05) is 0 Å². The third-order valence-electron chi connectivity index (χ3n) is 1.99. The molecule has 1 aromatic carbocycles. The first-order chi connectivity index (χ1) is 7.66. The van der Waals surface area contributed by atoms with Gasteiger partial charge in [0.05, 0.1) is 0 Å². The lowest BCUT2D eigenvalue weighted by atomic mass is 10.3. The number of nitro groups is 1. The van der Waals surface area contributed by atoms with E-state index in [9.17, 15) is 14.5 Å². The van der Waals surface area contributed by atoms with Crippen LogP contribution in [0.25, 0.3) is 5.69 Å². The highest BCUT2D eigenvalue weighted by Gasteiger charge is 2.11. The minimum absolute atomic E-state index is 0.205. The van der Waals surface area contributed by atoms with Crippen LogP contribution in [0.4, 0.5) is 4.39 Å². The van der Waals surface area contributed by atoms with Crippen LogP contribution >= 0.6 is 0 Å². The summed E-state index contributed by atoms with van der Waals surface area (Å²) in [5.41, 5.74) is 0.586. The van der Waals surface area contributed by atoms with Gasteiger partial charge in [-0.3, -0.25) is 14.7 Å². The summed E-state index contributed by atoms with van der Waals surface area (Å²) < 4.78 is 14.1. The second-order valence-electron chi connectivity index (χ2n) is 3.08. The lowest BCUT2D eigenvalue weighted by Gasteiger charge is -2.03. The minimum Gasteiger partial charge on any atom is -0.280 e. The molecule has 0 atom stereocenters. The van der Waals surface area contributed by atoms with Gasteiger partial charge >= 0.3 is 0 Å². The summed E-state index contributed by atoms with van der Waals surface area (Å²) in [5.74, 6) is -0.163. The van der Waals surface area contributed by atoms with Gasteiger partial charge < -0.3 is 0 Å².